The monoisotopic (exact) mass is 381 g/mol. The highest BCUT2D eigenvalue weighted by Crippen LogP contribution is 2.28. The largest absolute Gasteiger partial charge is 0.491 e. The third-order valence-electron chi connectivity index (χ3n) is 3.90. The minimum atomic E-state index is -0.615. The molecular weight excluding hydrogens is 358 g/mol. The average Bonchev–Trinajstić information content (AvgIpc) is 3.13. The molecule has 1 unspecified atom stereocenters. The van der Waals surface area contributed by atoms with E-state index in [2.05, 4.69) is 10.5 Å². The Kier molecular flexibility index (Phi) is 5.84. The molecule has 2 aromatic carbocycles. The van der Waals surface area contributed by atoms with Crippen molar-refractivity contribution < 1.29 is 18.8 Å². The summed E-state index contributed by atoms with van der Waals surface area (Å²) >= 11 is 0. The number of hydrogen-bond donors (Lipinski definition) is 2. The molecule has 0 bridgehead atoms. The molecular formula is C21H23N3O4. The van der Waals surface area contributed by atoms with Crippen LogP contribution in [0.2, 0.25) is 0 Å². The van der Waals surface area contributed by atoms with E-state index in [1.54, 1.807) is 13.0 Å². The summed E-state index contributed by atoms with van der Waals surface area (Å²) < 4.78 is 16.8. The molecule has 0 fully saturated rings. The smallest absolute Gasteiger partial charge is 0.312 e. The number of hydrogen-bond acceptors (Lipinski definition) is 5. The van der Waals surface area contributed by atoms with Crippen molar-refractivity contribution in [2.45, 2.75) is 32.9 Å². The van der Waals surface area contributed by atoms with Crippen LogP contribution < -0.4 is 20.5 Å². The molecule has 146 valence electrons. The van der Waals surface area contributed by atoms with Gasteiger partial charge in [0.05, 0.1) is 12.1 Å². The zero-order valence-electron chi connectivity index (χ0n) is 16.0. The molecule has 3 N–H and O–H groups in total. The fourth-order valence-corrected chi connectivity index (χ4v) is 2.60. The van der Waals surface area contributed by atoms with E-state index in [-0.39, 0.29) is 12.1 Å². The van der Waals surface area contributed by atoms with Crippen molar-refractivity contribution in [2.75, 3.05) is 0 Å². The van der Waals surface area contributed by atoms with Crippen LogP contribution in [0.15, 0.2) is 59.1 Å². The standard InChI is InChI=1S/C21H23N3O4/c1-13(2)26-16-8-10-18(11-9-16)27-17-6-4-15(5-7-17)19-12-20(28-24-19)14(3)23-21(22)25/h4-14H,1-3H3,(H3,22,23,25). The lowest BCUT2D eigenvalue weighted by molar-refractivity contribution is 0.242. The number of nitrogens with one attached hydrogen (secondary N) is 1. The van der Waals surface area contributed by atoms with Crippen LogP contribution in [0.4, 0.5) is 4.79 Å². The quantitative estimate of drug-likeness (QED) is 0.620. The molecule has 2 amide bonds. The topological polar surface area (TPSA) is 99.6 Å². The normalized spacial score (nSPS) is 11.9. The van der Waals surface area contributed by atoms with E-state index < -0.39 is 6.03 Å². The number of nitrogens with zero attached hydrogens (tertiary/aromatic N) is 1. The third-order valence-corrected chi connectivity index (χ3v) is 3.90. The number of primary amides is 1. The zero-order chi connectivity index (χ0) is 20.1. The van der Waals surface area contributed by atoms with E-state index in [4.69, 9.17) is 19.7 Å². The fraction of sp³-hybridized carbons (Fsp3) is 0.238. The van der Waals surface area contributed by atoms with Crippen LogP contribution in [0.25, 0.3) is 11.3 Å². The minimum absolute atomic E-state index is 0.130. The van der Waals surface area contributed by atoms with Crippen molar-refractivity contribution in [3.05, 3.63) is 60.4 Å². The van der Waals surface area contributed by atoms with Crippen molar-refractivity contribution in [2.24, 2.45) is 5.73 Å². The van der Waals surface area contributed by atoms with Gasteiger partial charge in [-0.15, -0.1) is 0 Å². The Morgan fingerprint density at radius 1 is 1.00 bits per heavy atom. The van der Waals surface area contributed by atoms with Gasteiger partial charge in [0, 0.05) is 11.6 Å². The van der Waals surface area contributed by atoms with Gasteiger partial charge in [0.25, 0.3) is 0 Å². The Bertz CT molecular complexity index is 918. The Morgan fingerprint density at radius 2 is 1.57 bits per heavy atom. The Balaban J connectivity index is 1.65. The van der Waals surface area contributed by atoms with Crippen molar-refractivity contribution in [3.8, 4) is 28.5 Å². The third kappa shape index (κ3) is 5.03. The molecule has 1 heterocycles. The Labute approximate surface area is 163 Å². The van der Waals surface area contributed by atoms with Gasteiger partial charge in [-0.05, 0) is 69.3 Å². The molecule has 0 saturated carbocycles. The van der Waals surface area contributed by atoms with Crippen LogP contribution in [-0.2, 0) is 0 Å². The van der Waals surface area contributed by atoms with E-state index >= 15 is 0 Å². The second-order valence-electron chi connectivity index (χ2n) is 6.61. The number of carbonyl (C=O) groups excluding carboxylic acids is 1. The van der Waals surface area contributed by atoms with Crippen LogP contribution in [0, 0.1) is 0 Å². The molecule has 0 aliphatic rings. The number of urea groups is 1. The van der Waals surface area contributed by atoms with Crippen LogP contribution >= 0.6 is 0 Å². The van der Waals surface area contributed by atoms with Gasteiger partial charge in [-0.2, -0.15) is 0 Å². The van der Waals surface area contributed by atoms with Gasteiger partial charge >= 0.3 is 6.03 Å². The lowest BCUT2D eigenvalue weighted by Crippen LogP contribution is -2.31. The molecule has 3 aromatic rings. The first-order chi connectivity index (χ1) is 13.4. The molecule has 0 radical (unpaired) electrons. The number of carbonyl (C=O) groups is 1. The number of amides is 2. The first-order valence-electron chi connectivity index (χ1n) is 8.98. The second kappa shape index (κ2) is 8.47. The number of benzene rings is 2. The predicted octanol–water partition coefficient (Wildman–Crippen LogP) is 4.65. The Hall–Kier alpha value is -3.48. The maximum Gasteiger partial charge on any atom is 0.312 e. The lowest BCUT2D eigenvalue weighted by Gasteiger charge is -2.10. The maximum absolute atomic E-state index is 10.9. The number of rotatable bonds is 7. The fourth-order valence-electron chi connectivity index (χ4n) is 2.60. The van der Waals surface area contributed by atoms with E-state index in [1.807, 2.05) is 62.4 Å². The molecule has 1 aromatic heterocycles. The maximum atomic E-state index is 10.9. The van der Waals surface area contributed by atoms with Gasteiger partial charge in [0.15, 0.2) is 5.76 Å². The molecule has 1 atom stereocenters. The summed E-state index contributed by atoms with van der Waals surface area (Å²) in [5, 5.41) is 6.59. The van der Waals surface area contributed by atoms with E-state index in [0.717, 1.165) is 17.1 Å². The minimum Gasteiger partial charge on any atom is -0.491 e. The highest BCUT2D eigenvalue weighted by atomic mass is 16.5. The first kappa shape index (κ1) is 19.3. The average molecular weight is 381 g/mol. The molecule has 0 aliphatic heterocycles. The molecule has 28 heavy (non-hydrogen) atoms. The van der Waals surface area contributed by atoms with Crippen LogP contribution in [0.5, 0.6) is 17.2 Å². The summed E-state index contributed by atoms with van der Waals surface area (Å²) in [5.74, 6) is 2.75. The van der Waals surface area contributed by atoms with E-state index in [0.29, 0.717) is 17.2 Å². The SMILES string of the molecule is CC(C)Oc1ccc(Oc2ccc(-c3cc(C(C)NC(N)=O)on3)cc2)cc1. The molecule has 0 saturated heterocycles. The number of ether oxygens (including phenoxy) is 2. The van der Waals surface area contributed by atoms with Gasteiger partial charge < -0.3 is 25.0 Å². The Morgan fingerprint density at radius 3 is 2.14 bits per heavy atom. The number of aromatic nitrogens is 1. The molecule has 3 rings (SSSR count). The molecule has 0 spiro atoms. The van der Waals surface area contributed by atoms with E-state index in [9.17, 15) is 4.79 Å². The van der Waals surface area contributed by atoms with Crippen molar-refractivity contribution in [1.29, 1.82) is 0 Å². The van der Waals surface area contributed by atoms with Crippen molar-refractivity contribution in [1.82, 2.24) is 10.5 Å². The van der Waals surface area contributed by atoms with E-state index in [1.165, 1.54) is 0 Å². The van der Waals surface area contributed by atoms with Gasteiger partial charge in [-0.1, -0.05) is 5.16 Å². The van der Waals surface area contributed by atoms with Gasteiger partial charge in [-0.25, -0.2) is 4.79 Å². The van der Waals surface area contributed by atoms with Gasteiger partial charge in [-0.3, -0.25) is 0 Å². The van der Waals surface area contributed by atoms with Crippen LogP contribution in [0.1, 0.15) is 32.6 Å². The van der Waals surface area contributed by atoms with Crippen molar-refractivity contribution >= 4 is 6.03 Å². The molecule has 0 aliphatic carbocycles. The molecule has 7 nitrogen and oxygen atoms in total. The highest BCUT2D eigenvalue weighted by Gasteiger charge is 2.14. The summed E-state index contributed by atoms with van der Waals surface area (Å²) in [6, 6.07) is 15.8. The van der Waals surface area contributed by atoms with Gasteiger partial charge in [0.1, 0.15) is 22.9 Å². The van der Waals surface area contributed by atoms with Crippen LogP contribution in [0.3, 0.4) is 0 Å². The van der Waals surface area contributed by atoms with Gasteiger partial charge in [0.2, 0.25) is 0 Å². The summed E-state index contributed by atoms with van der Waals surface area (Å²) in [7, 11) is 0. The van der Waals surface area contributed by atoms with Crippen LogP contribution in [-0.4, -0.2) is 17.3 Å². The van der Waals surface area contributed by atoms with Crippen molar-refractivity contribution in [3.63, 3.8) is 0 Å². The first-order valence-corrected chi connectivity index (χ1v) is 8.98. The zero-order valence-corrected chi connectivity index (χ0v) is 16.0. The summed E-state index contributed by atoms with van der Waals surface area (Å²) in [6.07, 6.45) is 0.130. The summed E-state index contributed by atoms with van der Waals surface area (Å²) in [4.78, 5) is 10.9. The number of nitrogens with two attached hydrogens (primary N) is 1. The summed E-state index contributed by atoms with van der Waals surface area (Å²) in [6.45, 7) is 5.74. The predicted molar refractivity (Wildman–Crippen MR) is 105 cm³/mol. The second-order valence-corrected chi connectivity index (χ2v) is 6.61. The lowest BCUT2D eigenvalue weighted by atomic mass is 10.1. The molecule has 7 heteroatoms. The summed E-state index contributed by atoms with van der Waals surface area (Å²) in [5.41, 5.74) is 6.66. The highest BCUT2D eigenvalue weighted by molar-refractivity contribution is 5.72.